The zero-order valence-electron chi connectivity index (χ0n) is 15.7. The number of piperazine rings is 1. The van der Waals surface area contributed by atoms with Crippen molar-refractivity contribution in [1.82, 2.24) is 9.21 Å². The van der Waals surface area contributed by atoms with Gasteiger partial charge in [0, 0.05) is 19.6 Å². The van der Waals surface area contributed by atoms with E-state index in [1.165, 1.54) is 17.5 Å². The van der Waals surface area contributed by atoms with Crippen LogP contribution < -0.4 is 0 Å². The number of nitrogens with zero attached hydrogens (tertiary/aromatic N) is 2. The van der Waals surface area contributed by atoms with Gasteiger partial charge in [-0.05, 0) is 61.6 Å². The minimum atomic E-state index is -3.51. The monoisotopic (exact) mass is 406 g/mol. The van der Waals surface area contributed by atoms with Crippen LogP contribution in [0, 0.1) is 0 Å². The molecule has 1 unspecified atom stereocenters. The number of aryl methyl sites for hydroxylation is 2. The fraction of sp³-hybridized carbons (Fsp3) is 0.429. The van der Waals surface area contributed by atoms with E-state index in [2.05, 4.69) is 11.9 Å². The van der Waals surface area contributed by atoms with Gasteiger partial charge in [-0.15, -0.1) is 12.4 Å². The summed E-state index contributed by atoms with van der Waals surface area (Å²) in [5.74, 6) is 0. The van der Waals surface area contributed by atoms with Crippen molar-refractivity contribution in [1.29, 1.82) is 0 Å². The van der Waals surface area contributed by atoms with Crippen LogP contribution in [0.1, 0.15) is 35.6 Å². The molecule has 2 aliphatic rings. The quantitative estimate of drug-likeness (QED) is 0.780. The van der Waals surface area contributed by atoms with Crippen LogP contribution in [0.15, 0.2) is 53.4 Å². The van der Waals surface area contributed by atoms with E-state index in [9.17, 15) is 8.42 Å². The number of sulfonamides is 1. The van der Waals surface area contributed by atoms with Gasteiger partial charge in [0.05, 0.1) is 10.9 Å². The second-order valence-electron chi connectivity index (χ2n) is 7.44. The van der Waals surface area contributed by atoms with Gasteiger partial charge in [0.15, 0.2) is 0 Å². The van der Waals surface area contributed by atoms with E-state index >= 15 is 0 Å². The lowest BCUT2D eigenvalue weighted by atomic mass is 9.92. The van der Waals surface area contributed by atoms with Crippen LogP contribution in [-0.4, -0.2) is 44.3 Å². The average molecular weight is 407 g/mol. The molecule has 0 saturated carbocycles. The van der Waals surface area contributed by atoms with Crippen molar-refractivity contribution in [2.24, 2.45) is 0 Å². The number of benzene rings is 2. The molecular formula is C21H27ClN2O2S. The average Bonchev–Trinajstić information content (AvgIpc) is 2.68. The van der Waals surface area contributed by atoms with Crippen LogP contribution in [-0.2, 0) is 22.9 Å². The van der Waals surface area contributed by atoms with Crippen molar-refractivity contribution in [3.05, 3.63) is 65.2 Å². The van der Waals surface area contributed by atoms with Crippen molar-refractivity contribution in [2.45, 2.75) is 36.6 Å². The summed E-state index contributed by atoms with van der Waals surface area (Å²) in [5, 5.41) is 0. The molecular weight excluding hydrogens is 380 g/mol. The molecule has 1 saturated heterocycles. The molecule has 0 spiro atoms. The predicted molar refractivity (Wildman–Crippen MR) is 111 cm³/mol. The molecule has 4 nitrogen and oxygen atoms in total. The number of hydrogen-bond acceptors (Lipinski definition) is 3. The molecule has 4 rings (SSSR count). The standard InChI is InChI=1S/C21H26N2O2S.ClH/c1-22-13-14-23(21(16-22)18-8-3-2-4-9-18)26(24,25)20-12-11-17-7-5-6-10-19(17)15-20;/h2-4,8-9,11-12,15,21H,5-7,10,13-14,16H2,1H3;1H. The van der Waals surface area contributed by atoms with E-state index in [1.807, 2.05) is 42.5 Å². The molecule has 0 aromatic heterocycles. The Morgan fingerprint density at radius 1 is 0.926 bits per heavy atom. The molecule has 1 fully saturated rings. The molecule has 0 N–H and O–H groups in total. The van der Waals surface area contributed by atoms with Crippen LogP contribution in [0.4, 0.5) is 0 Å². The molecule has 1 atom stereocenters. The summed E-state index contributed by atoms with van der Waals surface area (Å²) < 4.78 is 28.6. The Hall–Kier alpha value is -1.40. The normalized spacial score (nSPS) is 21.3. The van der Waals surface area contributed by atoms with E-state index in [1.54, 1.807) is 10.4 Å². The molecule has 6 heteroatoms. The van der Waals surface area contributed by atoms with Gasteiger partial charge in [0.2, 0.25) is 10.0 Å². The van der Waals surface area contributed by atoms with Crippen molar-refractivity contribution in [2.75, 3.05) is 26.7 Å². The van der Waals surface area contributed by atoms with Crippen LogP contribution >= 0.6 is 12.4 Å². The van der Waals surface area contributed by atoms with Crippen LogP contribution in [0.25, 0.3) is 0 Å². The van der Waals surface area contributed by atoms with E-state index in [0.29, 0.717) is 18.0 Å². The fourth-order valence-electron chi connectivity index (χ4n) is 4.14. The SMILES string of the molecule is CN1CCN(S(=O)(=O)c2ccc3c(c2)CCCC3)C(c2ccccc2)C1.Cl. The van der Waals surface area contributed by atoms with E-state index in [-0.39, 0.29) is 18.4 Å². The number of likely N-dealkylation sites (N-methyl/N-ethyl adjacent to an activating group) is 1. The zero-order valence-corrected chi connectivity index (χ0v) is 17.3. The Balaban J connectivity index is 0.00000210. The maximum atomic E-state index is 13.5. The number of halogens is 1. The zero-order chi connectivity index (χ0) is 18.1. The predicted octanol–water partition coefficient (Wildman–Crippen LogP) is 3.66. The highest BCUT2D eigenvalue weighted by Gasteiger charge is 2.36. The van der Waals surface area contributed by atoms with Gasteiger partial charge in [-0.25, -0.2) is 8.42 Å². The third kappa shape index (κ3) is 4.06. The van der Waals surface area contributed by atoms with Crippen LogP contribution in [0.2, 0.25) is 0 Å². The lowest BCUT2D eigenvalue weighted by molar-refractivity contribution is 0.160. The highest BCUT2D eigenvalue weighted by Crippen LogP contribution is 2.32. The Morgan fingerprint density at radius 3 is 2.37 bits per heavy atom. The molecule has 1 heterocycles. The number of rotatable bonds is 3. The fourth-order valence-corrected chi connectivity index (χ4v) is 5.79. The third-order valence-corrected chi connectivity index (χ3v) is 7.55. The smallest absolute Gasteiger partial charge is 0.243 e. The molecule has 2 aromatic carbocycles. The van der Waals surface area contributed by atoms with Gasteiger partial charge in [0.25, 0.3) is 0 Å². The summed E-state index contributed by atoms with van der Waals surface area (Å²) in [6, 6.07) is 15.6. The van der Waals surface area contributed by atoms with Gasteiger partial charge in [-0.2, -0.15) is 4.31 Å². The molecule has 0 amide bonds. The molecule has 146 valence electrons. The lowest BCUT2D eigenvalue weighted by Crippen LogP contribution is -2.49. The summed E-state index contributed by atoms with van der Waals surface area (Å²) in [7, 11) is -1.46. The summed E-state index contributed by atoms with van der Waals surface area (Å²) in [5.41, 5.74) is 3.58. The summed E-state index contributed by atoms with van der Waals surface area (Å²) >= 11 is 0. The largest absolute Gasteiger partial charge is 0.303 e. The van der Waals surface area contributed by atoms with Crippen LogP contribution in [0.5, 0.6) is 0 Å². The summed E-state index contributed by atoms with van der Waals surface area (Å²) in [6.07, 6.45) is 4.41. The second kappa shape index (κ2) is 8.31. The Bertz CT molecular complexity index is 886. The number of hydrogen-bond donors (Lipinski definition) is 0. The Labute approximate surface area is 168 Å². The first-order valence-electron chi connectivity index (χ1n) is 9.43. The summed E-state index contributed by atoms with van der Waals surface area (Å²) in [4.78, 5) is 2.65. The van der Waals surface area contributed by atoms with Crippen molar-refractivity contribution in [3.63, 3.8) is 0 Å². The van der Waals surface area contributed by atoms with Gasteiger partial charge in [0.1, 0.15) is 0 Å². The molecule has 1 aliphatic heterocycles. The van der Waals surface area contributed by atoms with E-state index < -0.39 is 10.0 Å². The second-order valence-corrected chi connectivity index (χ2v) is 9.33. The van der Waals surface area contributed by atoms with E-state index in [4.69, 9.17) is 0 Å². The van der Waals surface area contributed by atoms with Gasteiger partial charge >= 0.3 is 0 Å². The minimum absolute atomic E-state index is 0. The molecule has 2 aromatic rings. The minimum Gasteiger partial charge on any atom is -0.303 e. The van der Waals surface area contributed by atoms with Gasteiger partial charge in [-0.3, -0.25) is 0 Å². The third-order valence-electron chi connectivity index (χ3n) is 5.65. The summed E-state index contributed by atoms with van der Waals surface area (Å²) in [6.45, 7) is 2.00. The lowest BCUT2D eigenvalue weighted by Gasteiger charge is -2.39. The molecule has 27 heavy (non-hydrogen) atoms. The highest BCUT2D eigenvalue weighted by atomic mass is 35.5. The molecule has 1 aliphatic carbocycles. The molecule has 0 radical (unpaired) electrons. The van der Waals surface area contributed by atoms with Crippen molar-refractivity contribution in [3.8, 4) is 0 Å². The maximum absolute atomic E-state index is 13.5. The topological polar surface area (TPSA) is 40.6 Å². The van der Waals surface area contributed by atoms with Gasteiger partial charge in [-0.1, -0.05) is 36.4 Å². The number of fused-ring (bicyclic) bond motifs is 1. The Kier molecular flexibility index (Phi) is 6.26. The first kappa shape index (κ1) is 20.3. The molecule has 0 bridgehead atoms. The maximum Gasteiger partial charge on any atom is 0.243 e. The van der Waals surface area contributed by atoms with Crippen LogP contribution in [0.3, 0.4) is 0 Å². The van der Waals surface area contributed by atoms with Gasteiger partial charge < -0.3 is 4.90 Å². The van der Waals surface area contributed by atoms with Crippen molar-refractivity contribution >= 4 is 22.4 Å². The first-order chi connectivity index (χ1) is 12.6. The van der Waals surface area contributed by atoms with E-state index in [0.717, 1.165) is 31.4 Å². The van der Waals surface area contributed by atoms with Crippen molar-refractivity contribution < 1.29 is 8.42 Å². The Morgan fingerprint density at radius 2 is 1.63 bits per heavy atom. The highest BCUT2D eigenvalue weighted by molar-refractivity contribution is 7.89. The first-order valence-corrected chi connectivity index (χ1v) is 10.9.